The largest absolute Gasteiger partial charge is 0.326 e. The predicted octanol–water partition coefficient (Wildman–Crippen LogP) is 2.97. The van der Waals surface area contributed by atoms with Crippen LogP contribution >= 0.6 is 0 Å². The van der Waals surface area contributed by atoms with E-state index in [0.29, 0.717) is 11.3 Å². The molecule has 1 heterocycles. The monoisotopic (exact) mass is 305 g/mol. The predicted molar refractivity (Wildman–Crippen MR) is 89.2 cm³/mol. The topological polar surface area (TPSA) is 50.1 Å². The van der Waals surface area contributed by atoms with E-state index in [4.69, 9.17) is 0 Å². The lowest BCUT2D eigenvalue weighted by Crippen LogP contribution is -2.37. The Morgan fingerprint density at radius 1 is 0.957 bits per heavy atom. The molecule has 0 spiro atoms. The number of pyridine rings is 1. The zero-order valence-corrected chi connectivity index (χ0v) is 12.8. The number of rotatable bonds is 4. The molecule has 1 amide bonds. The maximum Gasteiger partial charge on any atom is 0.227 e. The summed E-state index contributed by atoms with van der Waals surface area (Å²) < 4.78 is 1.79. The molecule has 0 atom stereocenters. The van der Waals surface area contributed by atoms with Gasteiger partial charge in [-0.25, -0.2) is 0 Å². The number of aromatic nitrogens is 1. The van der Waals surface area contributed by atoms with Crippen molar-refractivity contribution in [3.8, 4) is 0 Å². The number of fused-ring (bicyclic) bond motifs is 1. The van der Waals surface area contributed by atoms with Gasteiger partial charge in [0.1, 0.15) is 0 Å². The van der Waals surface area contributed by atoms with Gasteiger partial charge in [-0.1, -0.05) is 36.4 Å². The maximum atomic E-state index is 12.4. The van der Waals surface area contributed by atoms with Crippen LogP contribution in [-0.2, 0) is 11.3 Å². The third-order valence-corrected chi connectivity index (χ3v) is 3.61. The highest BCUT2D eigenvalue weighted by molar-refractivity contribution is 5.99. The average Bonchev–Trinajstić information content (AvgIpc) is 2.55. The van der Waals surface area contributed by atoms with Crippen molar-refractivity contribution in [3.63, 3.8) is 0 Å². The number of nitrogens with one attached hydrogen (secondary N) is 1. The van der Waals surface area contributed by atoms with Crippen LogP contribution in [0, 0.1) is 0 Å². The van der Waals surface area contributed by atoms with Crippen molar-refractivity contribution < 1.29 is 14.2 Å². The third-order valence-electron chi connectivity index (χ3n) is 3.61. The summed E-state index contributed by atoms with van der Waals surface area (Å²) in [6.45, 7) is 1.73. The summed E-state index contributed by atoms with van der Waals surface area (Å²) in [6.07, 6.45) is 3.56. The smallest absolute Gasteiger partial charge is 0.227 e. The quantitative estimate of drug-likeness (QED) is 0.595. The van der Waals surface area contributed by atoms with E-state index in [1.54, 1.807) is 29.1 Å². The Bertz CT molecular complexity index is 870. The van der Waals surface area contributed by atoms with Crippen molar-refractivity contribution in [1.29, 1.82) is 0 Å². The minimum absolute atomic E-state index is 0.0491. The Morgan fingerprint density at radius 3 is 2.35 bits per heavy atom. The van der Waals surface area contributed by atoms with Crippen molar-refractivity contribution in [3.05, 3.63) is 72.6 Å². The van der Waals surface area contributed by atoms with Gasteiger partial charge in [0, 0.05) is 24.6 Å². The Labute approximate surface area is 134 Å². The number of hydrogen-bond donors (Lipinski definition) is 1. The second kappa shape index (κ2) is 6.40. The number of nitrogens with zero attached hydrogens (tertiary/aromatic N) is 1. The van der Waals surface area contributed by atoms with Gasteiger partial charge in [0.15, 0.2) is 12.4 Å². The molecule has 4 nitrogen and oxygen atoms in total. The molecule has 0 aliphatic carbocycles. The number of ketones is 1. The number of carbonyl (C=O) groups excluding carboxylic acids is 2. The Kier molecular flexibility index (Phi) is 4.15. The first-order valence-corrected chi connectivity index (χ1v) is 7.40. The van der Waals surface area contributed by atoms with Crippen LogP contribution in [0.3, 0.4) is 0 Å². The van der Waals surface area contributed by atoms with E-state index in [-0.39, 0.29) is 18.2 Å². The first kappa shape index (κ1) is 14.9. The number of benzene rings is 2. The van der Waals surface area contributed by atoms with Crippen molar-refractivity contribution in [1.82, 2.24) is 0 Å². The maximum absolute atomic E-state index is 12.4. The minimum atomic E-state index is -0.116. The van der Waals surface area contributed by atoms with Gasteiger partial charge in [-0.2, -0.15) is 4.57 Å². The molecule has 0 unspecified atom stereocenters. The number of carbonyl (C=O) groups is 2. The summed E-state index contributed by atoms with van der Waals surface area (Å²) in [7, 11) is 0. The molecule has 3 aromatic rings. The fraction of sp³-hybridized carbons (Fsp3) is 0.105. The van der Waals surface area contributed by atoms with Gasteiger partial charge in [-0.3, -0.25) is 9.59 Å². The van der Waals surface area contributed by atoms with E-state index < -0.39 is 0 Å². The molecule has 1 aromatic heterocycles. The van der Waals surface area contributed by atoms with Crippen LogP contribution in [0.2, 0.25) is 0 Å². The summed E-state index contributed by atoms with van der Waals surface area (Å²) in [5.74, 6) is -0.0666. The molecule has 4 heteroatoms. The highest BCUT2D eigenvalue weighted by Gasteiger charge is 2.12. The van der Waals surface area contributed by atoms with Crippen LogP contribution in [0.25, 0.3) is 10.8 Å². The lowest BCUT2D eigenvalue weighted by molar-refractivity contribution is -0.683. The van der Waals surface area contributed by atoms with E-state index in [1.165, 1.54) is 6.92 Å². The number of hydrogen-bond acceptors (Lipinski definition) is 2. The molecular weight excluding hydrogens is 288 g/mol. The SMILES string of the molecule is CC(=O)Nc1cc[n+](CC(=O)c2ccc3ccccc3c2)cc1. The molecule has 3 rings (SSSR count). The number of anilines is 1. The normalized spacial score (nSPS) is 10.5. The van der Waals surface area contributed by atoms with E-state index in [0.717, 1.165) is 10.8 Å². The molecule has 23 heavy (non-hydrogen) atoms. The second-order valence-corrected chi connectivity index (χ2v) is 5.43. The molecule has 0 bridgehead atoms. The molecule has 0 aliphatic rings. The molecular formula is C19H17N2O2+. The van der Waals surface area contributed by atoms with Crippen molar-refractivity contribution in [2.24, 2.45) is 0 Å². The van der Waals surface area contributed by atoms with E-state index in [1.807, 2.05) is 42.5 Å². The molecule has 0 fully saturated rings. The number of Topliss-reactive ketones (excluding diaryl/α,β-unsaturated/α-hetero) is 1. The van der Waals surface area contributed by atoms with Gasteiger partial charge in [0.25, 0.3) is 0 Å². The Hall–Kier alpha value is -3.01. The highest BCUT2D eigenvalue weighted by Crippen LogP contribution is 2.16. The summed E-state index contributed by atoms with van der Waals surface area (Å²) in [5, 5.41) is 4.88. The minimum Gasteiger partial charge on any atom is -0.326 e. The Morgan fingerprint density at radius 2 is 1.65 bits per heavy atom. The van der Waals surface area contributed by atoms with Crippen LogP contribution in [0.15, 0.2) is 67.0 Å². The fourth-order valence-electron chi connectivity index (χ4n) is 2.47. The van der Waals surface area contributed by atoms with Crippen LogP contribution in [0.4, 0.5) is 5.69 Å². The van der Waals surface area contributed by atoms with E-state index in [9.17, 15) is 9.59 Å². The van der Waals surface area contributed by atoms with Crippen molar-refractivity contribution in [2.45, 2.75) is 13.5 Å². The summed E-state index contributed by atoms with van der Waals surface area (Å²) >= 11 is 0. The average molecular weight is 305 g/mol. The lowest BCUT2D eigenvalue weighted by atomic mass is 10.0. The van der Waals surface area contributed by atoms with Gasteiger partial charge < -0.3 is 5.32 Å². The molecule has 0 saturated heterocycles. The summed E-state index contributed by atoms with van der Waals surface area (Å²) in [5.41, 5.74) is 1.41. The van der Waals surface area contributed by atoms with E-state index >= 15 is 0 Å². The van der Waals surface area contributed by atoms with E-state index in [2.05, 4.69) is 5.32 Å². The summed E-state index contributed by atoms with van der Waals surface area (Å²) in [6, 6.07) is 17.3. The van der Waals surface area contributed by atoms with Gasteiger partial charge in [0.2, 0.25) is 18.2 Å². The lowest BCUT2D eigenvalue weighted by Gasteiger charge is -2.03. The first-order valence-electron chi connectivity index (χ1n) is 7.40. The van der Waals surface area contributed by atoms with Gasteiger partial charge in [-0.15, -0.1) is 0 Å². The molecule has 0 aliphatic heterocycles. The molecule has 114 valence electrons. The molecule has 0 radical (unpaired) electrons. The third kappa shape index (κ3) is 3.61. The Balaban J connectivity index is 1.76. The van der Waals surface area contributed by atoms with Crippen molar-refractivity contribution >= 4 is 28.2 Å². The van der Waals surface area contributed by atoms with Gasteiger partial charge in [-0.05, 0) is 16.8 Å². The fourth-order valence-corrected chi connectivity index (χ4v) is 2.47. The summed E-state index contributed by atoms with van der Waals surface area (Å²) in [4.78, 5) is 23.4. The van der Waals surface area contributed by atoms with Crippen LogP contribution in [0.1, 0.15) is 17.3 Å². The van der Waals surface area contributed by atoms with Gasteiger partial charge >= 0.3 is 0 Å². The second-order valence-electron chi connectivity index (χ2n) is 5.43. The van der Waals surface area contributed by atoms with Crippen LogP contribution < -0.4 is 9.88 Å². The standard InChI is InChI=1S/C19H16N2O2/c1-14(22)20-18-8-10-21(11-9-18)13-19(23)17-7-6-15-4-2-3-5-16(15)12-17/h2-12H,13H2,1H3/p+1. The first-order chi connectivity index (χ1) is 11.1. The molecule has 2 aromatic carbocycles. The molecule has 1 N–H and O–H groups in total. The zero-order chi connectivity index (χ0) is 16.2. The van der Waals surface area contributed by atoms with Crippen molar-refractivity contribution in [2.75, 3.05) is 5.32 Å². The zero-order valence-electron chi connectivity index (χ0n) is 12.8. The van der Waals surface area contributed by atoms with Gasteiger partial charge in [0.05, 0.1) is 5.69 Å². The molecule has 0 saturated carbocycles. The van der Waals surface area contributed by atoms with Crippen LogP contribution in [-0.4, -0.2) is 11.7 Å². The van der Waals surface area contributed by atoms with Crippen LogP contribution in [0.5, 0.6) is 0 Å². The highest BCUT2D eigenvalue weighted by atomic mass is 16.1. The number of amides is 1.